The van der Waals surface area contributed by atoms with Crippen molar-refractivity contribution in [1.82, 2.24) is 0 Å². The molecular weight excluding hydrogens is 174 g/mol. The van der Waals surface area contributed by atoms with Crippen LogP contribution >= 0.6 is 0 Å². The maximum Gasteiger partial charge on any atom is 0.115 e. The summed E-state index contributed by atoms with van der Waals surface area (Å²) in [5.74, 6) is 0.781. The molecule has 1 atom stereocenters. The second kappa shape index (κ2) is 3.46. The van der Waals surface area contributed by atoms with Crippen molar-refractivity contribution >= 4 is 6.08 Å². The van der Waals surface area contributed by atoms with E-state index >= 15 is 0 Å². The van der Waals surface area contributed by atoms with Gasteiger partial charge in [0, 0.05) is 0 Å². The number of hydrogen-bond acceptors (Lipinski definition) is 2. The first-order valence-electron chi connectivity index (χ1n) is 4.93. The van der Waals surface area contributed by atoms with Crippen LogP contribution in [0.5, 0.6) is 5.75 Å². The Balaban J connectivity index is 2.28. The van der Waals surface area contributed by atoms with E-state index in [1.165, 1.54) is 16.7 Å². The van der Waals surface area contributed by atoms with Gasteiger partial charge < -0.3 is 10.8 Å². The fourth-order valence-electron chi connectivity index (χ4n) is 1.82. The number of hydrogen-bond donors (Lipinski definition) is 2. The zero-order chi connectivity index (χ0) is 10.1. The minimum Gasteiger partial charge on any atom is -0.508 e. The van der Waals surface area contributed by atoms with E-state index in [0.29, 0.717) is 18.2 Å². The highest BCUT2D eigenvalue weighted by Crippen LogP contribution is 2.31. The smallest absolute Gasteiger partial charge is 0.115 e. The lowest BCUT2D eigenvalue weighted by Gasteiger charge is -2.08. The molecule has 0 bridgehead atoms. The van der Waals surface area contributed by atoms with E-state index in [-0.39, 0.29) is 0 Å². The molecule has 0 saturated heterocycles. The molecule has 1 aliphatic carbocycles. The Morgan fingerprint density at radius 1 is 1.50 bits per heavy atom. The second-order valence-electron chi connectivity index (χ2n) is 3.92. The van der Waals surface area contributed by atoms with E-state index in [9.17, 15) is 5.11 Å². The number of nitrogens with two attached hydrogens (primary N) is 1. The molecule has 0 amide bonds. The third kappa shape index (κ3) is 1.53. The maximum atomic E-state index is 9.33. The molecule has 0 heterocycles. The van der Waals surface area contributed by atoms with Crippen LogP contribution in [0.2, 0.25) is 0 Å². The van der Waals surface area contributed by atoms with Crippen molar-refractivity contribution in [3.8, 4) is 5.75 Å². The van der Waals surface area contributed by atoms with Crippen LogP contribution in [0.1, 0.15) is 18.1 Å². The van der Waals surface area contributed by atoms with Crippen molar-refractivity contribution in [1.29, 1.82) is 0 Å². The minimum atomic E-state index is 0.346. The van der Waals surface area contributed by atoms with Gasteiger partial charge in [0.2, 0.25) is 0 Å². The number of aromatic hydroxyl groups is 1. The lowest BCUT2D eigenvalue weighted by molar-refractivity contribution is 0.474. The van der Waals surface area contributed by atoms with Crippen LogP contribution < -0.4 is 5.73 Å². The molecule has 1 aromatic carbocycles. The summed E-state index contributed by atoms with van der Waals surface area (Å²) < 4.78 is 0. The molecule has 0 spiro atoms. The summed E-state index contributed by atoms with van der Waals surface area (Å²) in [5.41, 5.74) is 9.42. The summed E-state index contributed by atoms with van der Waals surface area (Å²) in [6, 6.07) is 5.52. The number of fused-ring (bicyclic) bond motifs is 1. The van der Waals surface area contributed by atoms with Crippen molar-refractivity contribution in [2.75, 3.05) is 6.54 Å². The SMILES string of the molecule is CC(CN)C1=Cc2ccc(O)cc2C1. The number of rotatable bonds is 2. The van der Waals surface area contributed by atoms with Gasteiger partial charge in [0.1, 0.15) is 5.75 Å². The number of benzene rings is 1. The number of phenols is 1. The standard InChI is InChI=1S/C12H15NO/c1-8(7-13)10-4-9-2-3-12(14)6-11(9)5-10/h2-4,6,8,14H,5,7,13H2,1H3. The van der Waals surface area contributed by atoms with Crippen molar-refractivity contribution in [3.05, 3.63) is 34.9 Å². The first-order valence-corrected chi connectivity index (χ1v) is 4.93. The largest absolute Gasteiger partial charge is 0.508 e. The second-order valence-corrected chi connectivity index (χ2v) is 3.92. The minimum absolute atomic E-state index is 0.346. The molecule has 74 valence electrons. The van der Waals surface area contributed by atoms with Gasteiger partial charge in [-0.1, -0.05) is 24.6 Å². The Kier molecular flexibility index (Phi) is 2.30. The monoisotopic (exact) mass is 189 g/mol. The Labute approximate surface area is 84.1 Å². The molecule has 0 fully saturated rings. The van der Waals surface area contributed by atoms with Gasteiger partial charge in [0.05, 0.1) is 0 Å². The van der Waals surface area contributed by atoms with Gasteiger partial charge >= 0.3 is 0 Å². The third-order valence-electron chi connectivity index (χ3n) is 2.85. The molecule has 2 heteroatoms. The summed E-state index contributed by atoms with van der Waals surface area (Å²) >= 11 is 0. The van der Waals surface area contributed by atoms with Gasteiger partial charge in [0.15, 0.2) is 0 Å². The highest BCUT2D eigenvalue weighted by Gasteiger charge is 2.16. The zero-order valence-corrected chi connectivity index (χ0v) is 8.33. The number of phenolic OH excluding ortho intramolecular Hbond substituents is 1. The fourth-order valence-corrected chi connectivity index (χ4v) is 1.82. The van der Waals surface area contributed by atoms with Gasteiger partial charge in [-0.15, -0.1) is 0 Å². The van der Waals surface area contributed by atoms with E-state index in [2.05, 4.69) is 13.0 Å². The molecule has 1 unspecified atom stereocenters. The van der Waals surface area contributed by atoms with Crippen LogP contribution in [0.25, 0.3) is 6.08 Å². The van der Waals surface area contributed by atoms with Crippen molar-refractivity contribution < 1.29 is 5.11 Å². The Hall–Kier alpha value is -1.28. The van der Waals surface area contributed by atoms with E-state index in [1.54, 1.807) is 6.07 Å². The molecule has 0 aliphatic heterocycles. The summed E-state index contributed by atoms with van der Waals surface area (Å²) in [7, 11) is 0. The summed E-state index contributed by atoms with van der Waals surface area (Å²) in [6.45, 7) is 2.82. The van der Waals surface area contributed by atoms with E-state index < -0.39 is 0 Å². The van der Waals surface area contributed by atoms with Gasteiger partial charge in [0.25, 0.3) is 0 Å². The first kappa shape index (κ1) is 9.28. The molecule has 2 rings (SSSR count). The highest BCUT2D eigenvalue weighted by molar-refractivity contribution is 5.65. The van der Waals surface area contributed by atoms with Crippen LogP contribution in [0.15, 0.2) is 23.8 Å². The lowest BCUT2D eigenvalue weighted by atomic mass is 9.99. The molecule has 0 aromatic heterocycles. The predicted molar refractivity (Wildman–Crippen MR) is 58.0 cm³/mol. The van der Waals surface area contributed by atoms with Crippen LogP contribution in [0, 0.1) is 5.92 Å². The summed E-state index contributed by atoms with van der Waals surface area (Å²) in [4.78, 5) is 0. The molecule has 0 radical (unpaired) electrons. The Morgan fingerprint density at radius 2 is 2.29 bits per heavy atom. The summed E-state index contributed by atoms with van der Waals surface area (Å²) in [6.07, 6.45) is 3.12. The average molecular weight is 189 g/mol. The molecule has 1 aliphatic rings. The maximum absolute atomic E-state index is 9.33. The molecule has 3 N–H and O–H groups in total. The van der Waals surface area contributed by atoms with E-state index in [1.807, 2.05) is 12.1 Å². The lowest BCUT2D eigenvalue weighted by Crippen LogP contribution is -2.12. The quantitative estimate of drug-likeness (QED) is 0.746. The molecular formula is C12H15NO. The predicted octanol–water partition coefficient (Wildman–Crippen LogP) is 1.93. The van der Waals surface area contributed by atoms with Crippen LogP contribution in [-0.2, 0) is 6.42 Å². The van der Waals surface area contributed by atoms with Crippen molar-refractivity contribution in [2.24, 2.45) is 11.7 Å². The van der Waals surface area contributed by atoms with Gasteiger partial charge in [-0.05, 0) is 42.1 Å². The molecule has 2 nitrogen and oxygen atoms in total. The molecule has 14 heavy (non-hydrogen) atoms. The van der Waals surface area contributed by atoms with Crippen LogP contribution in [-0.4, -0.2) is 11.7 Å². The van der Waals surface area contributed by atoms with Gasteiger partial charge in [-0.3, -0.25) is 0 Å². The van der Waals surface area contributed by atoms with E-state index in [4.69, 9.17) is 5.73 Å². The van der Waals surface area contributed by atoms with Crippen molar-refractivity contribution in [3.63, 3.8) is 0 Å². The fraction of sp³-hybridized carbons (Fsp3) is 0.333. The van der Waals surface area contributed by atoms with Crippen LogP contribution in [0.3, 0.4) is 0 Å². The van der Waals surface area contributed by atoms with E-state index in [0.717, 1.165) is 6.42 Å². The van der Waals surface area contributed by atoms with Gasteiger partial charge in [-0.25, -0.2) is 0 Å². The Morgan fingerprint density at radius 3 is 3.00 bits per heavy atom. The molecule has 0 saturated carbocycles. The summed E-state index contributed by atoms with van der Waals surface area (Å²) in [5, 5.41) is 9.33. The highest BCUT2D eigenvalue weighted by atomic mass is 16.3. The van der Waals surface area contributed by atoms with Gasteiger partial charge in [-0.2, -0.15) is 0 Å². The topological polar surface area (TPSA) is 46.2 Å². The normalized spacial score (nSPS) is 16.3. The average Bonchev–Trinajstić information content (AvgIpc) is 2.59. The van der Waals surface area contributed by atoms with Crippen LogP contribution in [0.4, 0.5) is 0 Å². The first-order chi connectivity index (χ1) is 6.70. The Bertz CT molecular complexity index is 382. The van der Waals surface area contributed by atoms with Crippen molar-refractivity contribution in [2.45, 2.75) is 13.3 Å². The molecule has 1 aromatic rings. The zero-order valence-electron chi connectivity index (χ0n) is 8.33. The third-order valence-corrected chi connectivity index (χ3v) is 2.85.